The van der Waals surface area contributed by atoms with Gasteiger partial charge in [-0.2, -0.15) is 0 Å². The molecule has 0 unspecified atom stereocenters. The van der Waals surface area contributed by atoms with Gasteiger partial charge in [-0.1, -0.05) is 42.8 Å². The summed E-state index contributed by atoms with van der Waals surface area (Å²) in [6.07, 6.45) is 0.962. The van der Waals surface area contributed by atoms with E-state index in [9.17, 15) is 14.9 Å². The fourth-order valence-corrected chi connectivity index (χ4v) is 2.87. The van der Waals surface area contributed by atoms with E-state index in [2.05, 4.69) is 24.4 Å². The fourth-order valence-electron chi connectivity index (χ4n) is 2.71. The van der Waals surface area contributed by atoms with Gasteiger partial charge >= 0.3 is 0 Å². The van der Waals surface area contributed by atoms with Crippen LogP contribution in [-0.4, -0.2) is 36.4 Å². The monoisotopic (exact) mass is 375 g/mol. The van der Waals surface area contributed by atoms with Crippen LogP contribution in [0.3, 0.4) is 0 Å². The minimum absolute atomic E-state index is 0.00163. The molecule has 2 aromatic carbocycles. The molecule has 0 spiro atoms. The zero-order valence-corrected chi connectivity index (χ0v) is 15.8. The molecule has 0 aromatic heterocycles. The Balaban J connectivity index is 2.16. The van der Waals surface area contributed by atoms with Crippen molar-refractivity contribution in [1.29, 1.82) is 0 Å². The fraction of sp³-hybridized carbons (Fsp3) is 0.316. The van der Waals surface area contributed by atoms with Crippen molar-refractivity contribution < 1.29 is 9.72 Å². The number of rotatable bonds is 7. The third kappa shape index (κ3) is 4.80. The summed E-state index contributed by atoms with van der Waals surface area (Å²) < 4.78 is 0. The third-order valence-electron chi connectivity index (χ3n) is 4.25. The van der Waals surface area contributed by atoms with Crippen LogP contribution in [0.5, 0.6) is 0 Å². The number of halogens is 1. The minimum atomic E-state index is -0.603. The number of nitrogens with one attached hydrogen (secondary N) is 1. The molecule has 0 aliphatic carbocycles. The summed E-state index contributed by atoms with van der Waals surface area (Å²) in [6.45, 7) is 2.43. The zero-order chi connectivity index (χ0) is 19.3. The predicted molar refractivity (Wildman–Crippen MR) is 103 cm³/mol. The highest BCUT2D eigenvalue weighted by atomic mass is 35.5. The van der Waals surface area contributed by atoms with Crippen molar-refractivity contribution in [3.63, 3.8) is 0 Å². The van der Waals surface area contributed by atoms with Crippen LogP contribution in [0.25, 0.3) is 0 Å². The smallest absolute Gasteiger partial charge is 0.283 e. The second-order valence-corrected chi connectivity index (χ2v) is 6.64. The molecular formula is C19H22ClN3O3. The molecule has 1 amide bonds. The van der Waals surface area contributed by atoms with Gasteiger partial charge in [0.05, 0.1) is 11.0 Å². The summed E-state index contributed by atoms with van der Waals surface area (Å²) >= 11 is 5.80. The maximum absolute atomic E-state index is 12.5. The average molecular weight is 376 g/mol. The Labute approximate surface area is 157 Å². The molecule has 138 valence electrons. The highest BCUT2D eigenvalue weighted by Crippen LogP contribution is 2.24. The largest absolute Gasteiger partial charge is 0.350 e. The number of nitro benzene ring substituents is 1. The first kappa shape index (κ1) is 19.9. The van der Waals surface area contributed by atoms with Crippen molar-refractivity contribution in [2.45, 2.75) is 19.4 Å². The van der Waals surface area contributed by atoms with Crippen molar-refractivity contribution in [3.8, 4) is 0 Å². The summed E-state index contributed by atoms with van der Waals surface area (Å²) in [5, 5.41) is 14.2. The molecule has 26 heavy (non-hydrogen) atoms. The maximum Gasteiger partial charge on any atom is 0.283 e. The van der Waals surface area contributed by atoms with E-state index in [1.54, 1.807) is 0 Å². The van der Waals surface area contributed by atoms with Gasteiger partial charge in [-0.3, -0.25) is 14.9 Å². The van der Waals surface area contributed by atoms with Gasteiger partial charge < -0.3 is 10.2 Å². The molecular weight excluding hydrogens is 354 g/mol. The number of hydrogen-bond acceptors (Lipinski definition) is 4. The number of benzene rings is 2. The lowest BCUT2D eigenvalue weighted by molar-refractivity contribution is -0.385. The Morgan fingerprint density at radius 3 is 2.42 bits per heavy atom. The molecule has 0 heterocycles. The molecule has 0 saturated carbocycles. The second kappa shape index (κ2) is 8.78. The van der Waals surface area contributed by atoms with Crippen molar-refractivity contribution in [1.82, 2.24) is 10.2 Å². The van der Waals surface area contributed by atoms with Crippen molar-refractivity contribution in [3.05, 3.63) is 74.3 Å². The van der Waals surface area contributed by atoms with E-state index in [4.69, 9.17) is 11.6 Å². The summed E-state index contributed by atoms with van der Waals surface area (Å²) in [4.78, 5) is 25.0. The van der Waals surface area contributed by atoms with Crippen LogP contribution < -0.4 is 5.32 Å². The van der Waals surface area contributed by atoms with E-state index in [-0.39, 0.29) is 22.3 Å². The van der Waals surface area contributed by atoms with Crippen LogP contribution in [0.4, 0.5) is 5.69 Å². The van der Waals surface area contributed by atoms with Gasteiger partial charge in [0.15, 0.2) is 0 Å². The maximum atomic E-state index is 12.5. The first-order chi connectivity index (χ1) is 12.3. The van der Waals surface area contributed by atoms with Crippen molar-refractivity contribution in [2.24, 2.45) is 0 Å². The molecule has 0 fully saturated rings. The summed E-state index contributed by atoms with van der Waals surface area (Å²) in [6, 6.07) is 12.2. The van der Waals surface area contributed by atoms with Gasteiger partial charge in [0.2, 0.25) is 0 Å². The number of nitro groups is 1. The van der Waals surface area contributed by atoms with Crippen LogP contribution in [0.15, 0.2) is 42.5 Å². The van der Waals surface area contributed by atoms with Crippen molar-refractivity contribution >= 4 is 23.2 Å². The molecule has 6 nitrogen and oxygen atoms in total. The molecule has 0 aliphatic rings. The molecule has 7 heteroatoms. The lowest BCUT2D eigenvalue weighted by Gasteiger charge is -2.25. The predicted octanol–water partition coefficient (Wildman–Crippen LogP) is 3.84. The molecule has 0 aliphatic heterocycles. The Bertz CT molecular complexity index is 791. The van der Waals surface area contributed by atoms with Crippen LogP contribution >= 0.6 is 11.6 Å². The lowest BCUT2D eigenvalue weighted by Crippen LogP contribution is -2.34. The van der Waals surface area contributed by atoms with E-state index < -0.39 is 10.8 Å². The van der Waals surface area contributed by atoms with Crippen LogP contribution in [0.2, 0.25) is 5.02 Å². The van der Waals surface area contributed by atoms with Gasteiger partial charge in [0.25, 0.3) is 11.6 Å². The molecule has 2 aromatic rings. The zero-order valence-electron chi connectivity index (χ0n) is 15.0. The van der Waals surface area contributed by atoms with E-state index in [0.29, 0.717) is 6.54 Å². The molecule has 0 radical (unpaired) electrons. The van der Waals surface area contributed by atoms with E-state index in [0.717, 1.165) is 12.0 Å². The number of nitrogens with zero attached hydrogens (tertiary/aromatic N) is 2. The number of hydrogen-bond donors (Lipinski definition) is 1. The Morgan fingerprint density at radius 1 is 1.23 bits per heavy atom. The lowest BCUT2D eigenvalue weighted by atomic mass is 10.0. The Kier molecular flexibility index (Phi) is 6.71. The number of likely N-dealkylation sites (N-methyl/N-ethyl adjacent to an activating group) is 1. The summed E-state index contributed by atoms with van der Waals surface area (Å²) in [5.74, 6) is -0.495. The van der Waals surface area contributed by atoms with Crippen molar-refractivity contribution in [2.75, 3.05) is 20.6 Å². The number of carbonyl (C=O) groups is 1. The number of amides is 1. The van der Waals surface area contributed by atoms with E-state index in [1.165, 1.54) is 23.8 Å². The molecule has 1 atom stereocenters. The van der Waals surface area contributed by atoms with Gasteiger partial charge in [-0.25, -0.2) is 0 Å². The topological polar surface area (TPSA) is 75.5 Å². The van der Waals surface area contributed by atoms with Gasteiger partial charge in [-0.15, -0.1) is 0 Å². The van der Waals surface area contributed by atoms with Crippen LogP contribution in [0.1, 0.15) is 34.5 Å². The van der Waals surface area contributed by atoms with E-state index >= 15 is 0 Å². The Morgan fingerprint density at radius 2 is 1.88 bits per heavy atom. The first-order valence-corrected chi connectivity index (χ1v) is 8.68. The number of carbonyl (C=O) groups excluding carboxylic acids is 1. The Hall–Kier alpha value is -2.44. The van der Waals surface area contributed by atoms with Gasteiger partial charge in [-0.05, 0) is 43.8 Å². The highest BCUT2D eigenvalue weighted by molar-refractivity contribution is 6.31. The molecule has 2 rings (SSSR count). The third-order valence-corrected chi connectivity index (χ3v) is 4.49. The van der Waals surface area contributed by atoms with Gasteiger partial charge in [0, 0.05) is 17.6 Å². The highest BCUT2D eigenvalue weighted by Gasteiger charge is 2.22. The molecule has 0 saturated heterocycles. The summed E-state index contributed by atoms with van der Waals surface area (Å²) in [7, 11) is 3.85. The summed E-state index contributed by atoms with van der Waals surface area (Å²) in [5.41, 5.74) is 2.01. The SMILES string of the molecule is CCc1ccc([C@H](CNC(=O)c2ccc(Cl)cc2[N+](=O)[O-])N(C)C)cc1. The van der Waals surface area contributed by atoms with Crippen LogP contribution in [-0.2, 0) is 6.42 Å². The minimum Gasteiger partial charge on any atom is -0.350 e. The molecule has 0 bridgehead atoms. The molecule has 1 N–H and O–H groups in total. The first-order valence-electron chi connectivity index (χ1n) is 8.31. The van der Waals surface area contributed by atoms with E-state index in [1.807, 2.05) is 31.1 Å². The number of aryl methyl sites for hydroxylation is 1. The van der Waals surface area contributed by atoms with Gasteiger partial charge in [0.1, 0.15) is 5.56 Å². The standard InChI is InChI=1S/C19H22ClN3O3/c1-4-13-5-7-14(8-6-13)18(22(2)3)12-21-19(24)16-10-9-15(20)11-17(16)23(25)26/h5-11,18H,4,12H2,1-3H3,(H,21,24)/t18-/m0/s1. The normalized spacial score (nSPS) is 12.0. The second-order valence-electron chi connectivity index (χ2n) is 6.20. The average Bonchev–Trinajstić information content (AvgIpc) is 2.61. The van der Waals surface area contributed by atoms with Crippen LogP contribution in [0, 0.1) is 10.1 Å². The quantitative estimate of drug-likeness (QED) is 0.589.